The zero-order valence-corrected chi connectivity index (χ0v) is 10.1. The lowest BCUT2D eigenvalue weighted by Gasteiger charge is -2.31. The zero-order valence-electron chi connectivity index (χ0n) is 10.1. The molecule has 0 aromatic heterocycles. The molecule has 1 fully saturated rings. The molecule has 1 saturated heterocycles. The molecule has 0 aliphatic carbocycles. The summed E-state index contributed by atoms with van der Waals surface area (Å²) < 4.78 is 0. The van der Waals surface area contributed by atoms with Gasteiger partial charge < -0.3 is 9.80 Å². The van der Waals surface area contributed by atoms with Gasteiger partial charge in [0.25, 0.3) is 0 Å². The monoisotopic (exact) mass is 243 g/mol. The molecule has 1 heterocycles. The van der Waals surface area contributed by atoms with Gasteiger partial charge in [0, 0.05) is 12.7 Å². The van der Waals surface area contributed by atoms with Crippen LogP contribution in [0.5, 0.6) is 0 Å². The Morgan fingerprint density at radius 2 is 2.06 bits per heavy atom. The van der Waals surface area contributed by atoms with E-state index in [9.17, 15) is 9.59 Å². The van der Waals surface area contributed by atoms with Crippen LogP contribution in [0.25, 0.3) is 0 Å². The van der Waals surface area contributed by atoms with Crippen LogP contribution in [0, 0.1) is 11.3 Å². The highest BCUT2D eigenvalue weighted by molar-refractivity contribution is 6.04. The van der Waals surface area contributed by atoms with Gasteiger partial charge in [-0.1, -0.05) is 12.1 Å². The molecular weight excluding hydrogens is 230 g/mol. The van der Waals surface area contributed by atoms with Crippen molar-refractivity contribution in [3.63, 3.8) is 0 Å². The van der Waals surface area contributed by atoms with Crippen LogP contribution in [0.3, 0.4) is 0 Å². The van der Waals surface area contributed by atoms with Gasteiger partial charge in [-0.05, 0) is 17.7 Å². The third kappa shape index (κ3) is 2.33. The summed E-state index contributed by atoms with van der Waals surface area (Å²) in [7, 11) is 1.61. The van der Waals surface area contributed by atoms with E-state index in [-0.39, 0.29) is 24.9 Å². The number of anilines is 1. The number of carbonyl (C=O) groups is 2. The number of likely N-dealkylation sites (N-methyl/N-ethyl adjacent to an activating group) is 1. The average Bonchev–Trinajstić information content (AvgIpc) is 2.34. The summed E-state index contributed by atoms with van der Waals surface area (Å²) in [6.07, 6.45) is 0.295. The number of hydrogen-bond donors (Lipinski definition) is 0. The average molecular weight is 243 g/mol. The third-order valence-electron chi connectivity index (χ3n) is 2.90. The fraction of sp³-hybridized carbons (Fsp3) is 0.308. The normalized spacial score (nSPS) is 15.8. The number of piperazine rings is 1. The van der Waals surface area contributed by atoms with Gasteiger partial charge in [-0.3, -0.25) is 9.59 Å². The van der Waals surface area contributed by atoms with E-state index in [1.54, 1.807) is 25.2 Å². The fourth-order valence-corrected chi connectivity index (χ4v) is 1.88. The van der Waals surface area contributed by atoms with Crippen molar-refractivity contribution in [3.05, 3.63) is 29.8 Å². The largest absolute Gasteiger partial charge is 0.335 e. The molecular formula is C13H13N3O2. The maximum atomic E-state index is 11.9. The highest BCUT2D eigenvalue weighted by Gasteiger charge is 2.28. The van der Waals surface area contributed by atoms with Crippen LogP contribution in [-0.2, 0) is 16.0 Å². The first-order chi connectivity index (χ1) is 8.61. The number of carbonyl (C=O) groups excluding carboxylic acids is 2. The molecule has 0 unspecified atom stereocenters. The van der Waals surface area contributed by atoms with Crippen molar-refractivity contribution in [1.29, 1.82) is 5.26 Å². The molecule has 2 amide bonds. The molecule has 5 nitrogen and oxygen atoms in total. The molecule has 0 saturated carbocycles. The Balaban J connectivity index is 2.26. The highest BCUT2D eigenvalue weighted by Crippen LogP contribution is 2.19. The first-order valence-electron chi connectivity index (χ1n) is 5.62. The van der Waals surface area contributed by atoms with Crippen LogP contribution >= 0.6 is 0 Å². The summed E-state index contributed by atoms with van der Waals surface area (Å²) in [6.45, 7) is 0.159. The predicted molar refractivity (Wildman–Crippen MR) is 65.7 cm³/mol. The van der Waals surface area contributed by atoms with Gasteiger partial charge in [-0.25, -0.2) is 0 Å². The Morgan fingerprint density at radius 1 is 1.28 bits per heavy atom. The van der Waals surface area contributed by atoms with Crippen molar-refractivity contribution in [2.24, 2.45) is 0 Å². The van der Waals surface area contributed by atoms with Crippen molar-refractivity contribution >= 4 is 17.5 Å². The van der Waals surface area contributed by atoms with Gasteiger partial charge in [0.05, 0.1) is 19.0 Å². The Kier molecular flexibility index (Phi) is 3.28. The minimum absolute atomic E-state index is 0.0609. The van der Waals surface area contributed by atoms with Gasteiger partial charge in [0.15, 0.2) is 0 Å². The Morgan fingerprint density at radius 3 is 2.78 bits per heavy atom. The Hall–Kier alpha value is -2.35. The maximum Gasteiger partial charge on any atom is 0.247 e. The zero-order chi connectivity index (χ0) is 13.1. The summed E-state index contributed by atoms with van der Waals surface area (Å²) >= 11 is 0. The minimum atomic E-state index is -0.105. The quantitative estimate of drug-likeness (QED) is 0.762. The molecule has 1 aromatic carbocycles. The number of rotatable bonds is 2. The maximum absolute atomic E-state index is 11.9. The summed E-state index contributed by atoms with van der Waals surface area (Å²) in [5, 5.41) is 8.66. The molecule has 18 heavy (non-hydrogen) atoms. The molecule has 1 aromatic rings. The van der Waals surface area contributed by atoms with Crippen LogP contribution in [0.15, 0.2) is 24.3 Å². The first kappa shape index (κ1) is 12.1. The lowest BCUT2D eigenvalue weighted by molar-refractivity contribution is -0.136. The van der Waals surface area contributed by atoms with Crippen LogP contribution in [0.1, 0.15) is 5.56 Å². The van der Waals surface area contributed by atoms with E-state index in [2.05, 4.69) is 6.07 Å². The summed E-state index contributed by atoms with van der Waals surface area (Å²) in [6, 6.07) is 9.23. The Labute approximate surface area is 105 Å². The van der Waals surface area contributed by atoms with Crippen LogP contribution in [0.4, 0.5) is 5.69 Å². The number of benzene rings is 1. The third-order valence-corrected chi connectivity index (χ3v) is 2.90. The van der Waals surface area contributed by atoms with Gasteiger partial charge >= 0.3 is 0 Å². The van der Waals surface area contributed by atoms with Crippen molar-refractivity contribution in [2.75, 3.05) is 25.0 Å². The van der Waals surface area contributed by atoms with Crippen LogP contribution in [-0.4, -0.2) is 36.9 Å². The van der Waals surface area contributed by atoms with E-state index in [0.717, 1.165) is 5.56 Å². The first-order valence-corrected chi connectivity index (χ1v) is 5.62. The smallest absolute Gasteiger partial charge is 0.247 e. The number of hydrogen-bond acceptors (Lipinski definition) is 3. The summed E-state index contributed by atoms with van der Waals surface area (Å²) in [5.41, 5.74) is 1.52. The summed E-state index contributed by atoms with van der Waals surface area (Å²) in [5.74, 6) is -0.188. The lowest BCUT2D eigenvalue weighted by atomic mass is 10.1. The number of nitriles is 1. The molecule has 5 heteroatoms. The van der Waals surface area contributed by atoms with Crippen molar-refractivity contribution < 1.29 is 9.59 Å². The van der Waals surface area contributed by atoms with Crippen LogP contribution in [0.2, 0.25) is 0 Å². The molecule has 0 bridgehead atoms. The molecule has 92 valence electrons. The van der Waals surface area contributed by atoms with Crippen molar-refractivity contribution in [3.8, 4) is 6.07 Å². The van der Waals surface area contributed by atoms with Crippen LogP contribution < -0.4 is 4.90 Å². The van der Waals surface area contributed by atoms with Gasteiger partial charge in [0.2, 0.25) is 11.8 Å². The number of amides is 2. The molecule has 0 atom stereocenters. The predicted octanol–water partition coefficient (Wildman–Crippen LogP) is 0.558. The second-order valence-electron chi connectivity index (χ2n) is 4.23. The topological polar surface area (TPSA) is 64.4 Å². The van der Waals surface area contributed by atoms with E-state index in [0.29, 0.717) is 12.1 Å². The SMILES string of the molecule is CN1CC(=O)N(c2cccc(CC#N)c2)CC1=O. The Bertz CT molecular complexity index is 533. The molecule has 0 spiro atoms. The molecule has 2 rings (SSSR count). The van der Waals surface area contributed by atoms with Gasteiger partial charge in [0.1, 0.15) is 6.54 Å². The van der Waals surface area contributed by atoms with Gasteiger partial charge in [-0.15, -0.1) is 0 Å². The van der Waals surface area contributed by atoms with E-state index in [4.69, 9.17) is 5.26 Å². The molecule has 0 N–H and O–H groups in total. The van der Waals surface area contributed by atoms with Crippen molar-refractivity contribution in [1.82, 2.24) is 4.90 Å². The molecule has 1 aliphatic rings. The number of nitrogens with zero attached hydrogens (tertiary/aromatic N) is 3. The summed E-state index contributed by atoms with van der Waals surface area (Å²) in [4.78, 5) is 26.4. The van der Waals surface area contributed by atoms with Crippen molar-refractivity contribution in [2.45, 2.75) is 6.42 Å². The second-order valence-corrected chi connectivity index (χ2v) is 4.23. The van der Waals surface area contributed by atoms with E-state index < -0.39 is 0 Å². The highest BCUT2D eigenvalue weighted by atomic mass is 16.2. The van der Waals surface area contributed by atoms with E-state index in [1.807, 2.05) is 6.07 Å². The molecule has 0 radical (unpaired) electrons. The standard InChI is InChI=1S/C13H13N3O2/c1-15-8-13(18)16(9-12(15)17)11-4-2-3-10(7-11)5-6-14/h2-4,7H,5,8-9H2,1H3. The minimum Gasteiger partial charge on any atom is -0.335 e. The van der Waals surface area contributed by atoms with Gasteiger partial charge in [-0.2, -0.15) is 5.26 Å². The second kappa shape index (κ2) is 4.88. The fourth-order valence-electron chi connectivity index (χ4n) is 1.88. The molecule has 1 aliphatic heterocycles. The lowest BCUT2D eigenvalue weighted by Crippen LogP contribution is -2.52. The van der Waals surface area contributed by atoms with E-state index >= 15 is 0 Å². The van der Waals surface area contributed by atoms with E-state index in [1.165, 1.54) is 9.80 Å².